The topological polar surface area (TPSA) is 77.2 Å². The number of hydrogen-bond acceptors (Lipinski definition) is 6. The molecule has 0 fully saturated rings. The van der Waals surface area contributed by atoms with E-state index in [9.17, 15) is 4.79 Å². The number of carbonyl (C=O) groups excluding carboxylic acids is 1. The molecule has 152 valence electrons. The number of hydrogen-bond donors (Lipinski definition) is 1. The van der Waals surface area contributed by atoms with Crippen LogP contribution in [0.15, 0.2) is 56.6 Å². The van der Waals surface area contributed by atoms with Gasteiger partial charge in [-0.2, -0.15) is 0 Å². The fourth-order valence-corrected chi connectivity index (χ4v) is 3.46. The lowest BCUT2D eigenvalue weighted by atomic mass is 10.1. The van der Waals surface area contributed by atoms with Crippen LogP contribution in [-0.4, -0.2) is 21.9 Å². The molecule has 6 nitrogen and oxygen atoms in total. The molecule has 1 unspecified atom stereocenters. The van der Waals surface area contributed by atoms with Gasteiger partial charge in [0.05, 0.1) is 11.8 Å². The van der Waals surface area contributed by atoms with E-state index in [1.165, 1.54) is 11.8 Å². The van der Waals surface area contributed by atoms with E-state index < -0.39 is 0 Å². The van der Waals surface area contributed by atoms with Gasteiger partial charge >= 0.3 is 0 Å². The summed E-state index contributed by atoms with van der Waals surface area (Å²) in [6.45, 7) is 6.13. The first-order valence-electron chi connectivity index (χ1n) is 9.11. The summed E-state index contributed by atoms with van der Waals surface area (Å²) < 4.78 is 12.3. The first-order chi connectivity index (χ1) is 13.9. The van der Waals surface area contributed by atoms with Gasteiger partial charge in [-0.15, -0.1) is 10.2 Å². The second-order valence-corrected chi connectivity index (χ2v) is 8.49. The molecule has 0 aliphatic carbocycles. The molecule has 0 aliphatic heterocycles. The van der Waals surface area contributed by atoms with Crippen molar-refractivity contribution < 1.29 is 13.9 Å². The van der Waals surface area contributed by atoms with Gasteiger partial charge in [-0.3, -0.25) is 4.79 Å². The molecule has 0 spiro atoms. The maximum absolute atomic E-state index is 12.2. The molecule has 0 aliphatic rings. The maximum Gasteiger partial charge on any atom is 0.277 e. The van der Waals surface area contributed by atoms with Crippen LogP contribution in [0.5, 0.6) is 5.75 Å². The van der Waals surface area contributed by atoms with Crippen LogP contribution in [0.3, 0.4) is 0 Å². The molecular formula is C21H22BrN3O3S. The summed E-state index contributed by atoms with van der Waals surface area (Å²) in [5.41, 5.74) is 3.20. The minimum Gasteiger partial charge on any atom is -0.484 e. The van der Waals surface area contributed by atoms with Crippen LogP contribution < -0.4 is 10.1 Å². The zero-order chi connectivity index (χ0) is 20.8. The molecule has 3 rings (SSSR count). The number of ether oxygens (including phenoxy) is 1. The summed E-state index contributed by atoms with van der Waals surface area (Å²) in [6.07, 6.45) is 0. The summed E-state index contributed by atoms with van der Waals surface area (Å²) in [5.74, 6) is 1.26. The van der Waals surface area contributed by atoms with Gasteiger partial charge in [-0.25, -0.2) is 0 Å². The number of halogens is 1. The Morgan fingerprint density at radius 3 is 2.72 bits per heavy atom. The van der Waals surface area contributed by atoms with E-state index >= 15 is 0 Å². The number of nitrogens with zero attached hydrogens (tertiary/aromatic N) is 2. The SMILES string of the molecule is Cc1ccc(C)c(OCc2nnc(SCC(=O)NC(C)c3ccc(Br)cc3)o2)c1. The second kappa shape index (κ2) is 9.93. The van der Waals surface area contributed by atoms with Crippen LogP contribution in [0.2, 0.25) is 0 Å². The van der Waals surface area contributed by atoms with E-state index in [1.807, 2.05) is 63.2 Å². The molecule has 0 saturated carbocycles. The third kappa shape index (κ3) is 6.33. The Morgan fingerprint density at radius 2 is 1.97 bits per heavy atom. The van der Waals surface area contributed by atoms with E-state index in [0.29, 0.717) is 11.1 Å². The third-order valence-electron chi connectivity index (χ3n) is 4.22. The molecule has 1 N–H and O–H groups in total. The molecule has 3 aromatic rings. The molecule has 29 heavy (non-hydrogen) atoms. The maximum atomic E-state index is 12.2. The lowest BCUT2D eigenvalue weighted by Crippen LogP contribution is -2.28. The highest BCUT2D eigenvalue weighted by atomic mass is 79.9. The fraction of sp³-hybridized carbons (Fsp3) is 0.286. The predicted octanol–water partition coefficient (Wildman–Crippen LogP) is 5.00. The van der Waals surface area contributed by atoms with Gasteiger partial charge in [-0.05, 0) is 55.7 Å². The number of carbonyl (C=O) groups is 1. The van der Waals surface area contributed by atoms with Gasteiger partial charge in [0.1, 0.15) is 5.75 Å². The largest absolute Gasteiger partial charge is 0.484 e. The Kier molecular flexibility index (Phi) is 7.33. The first-order valence-corrected chi connectivity index (χ1v) is 10.9. The van der Waals surface area contributed by atoms with Crippen molar-refractivity contribution >= 4 is 33.6 Å². The van der Waals surface area contributed by atoms with Crippen LogP contribution in [0.4, 0.5) is 0 Å². The van der Waals surface area contributed by atoms with Crippen molar-refractivity contribution in [3.05, 3.63) is 69.5 Å². The van der Waals surface area contributed by atoms with E-state index in [0.717, 1.165) is 26.9 Å². The zero-order valence-electron chi connectivity index (χ0n) is 16.4. The number of thioether (sulfide) groups is 1. The van der Waals surface area contributed by atoms with Crippen LogP contribution in [0.25, 0.3) is 0 Å². The molecule has 0 bridgehead atoms. The van der Waals surface area contributed by atoms with Crippen LogP contribution in [0, 0.1) is 13.8 Å². The minimum absolute atomic E-state index is 0.0829. The summed E-state index contributed by atoms with van der Waals surface area (Å²) in [7, 11) is 0. The summed E-state index contributed by atoms with van der Waals surface area (Å²) in [6, 6.07) is 13.8. The molecular weight excluding hydrogens is 454 g/mol. The number of aromatic nitrogens is 2. The number of nitrogens with one attached hydrogen (secondary N) is 1. The lowest BCUT2D eigenvalue weighted by Gasteiger charge is -2.13. The Bertz CT molecular complexity index is 976. The molecule has 1 amide bonds. The third-order valence-corrected chi connectivity index (χ3v) is 5.56. The average Bonchev–Trinajstić information content (AvgIpc) is 3.15. The normalized spacial score (nSPS) is 11.9. The highest BCUT2D eigenvalue weighted by Gasteiger charge is 2.13. The second-order valence-electron chi connectivity index (χ2n) is 6.65. The van der Waals surface area contributed by atoms with Crippen molar-refractivity contribution in [2.24, 2.45) is 0 Å². The van der Waals surface area contributed by atoms with Gasteiger partial charge in [0, 0.05) is 4.47 Å². The van der Waals surface area contributed by atoms with Crippen molar-refractivity contribution in [2.45, 2.75) is 38.6 Å². The van der Waals surface area contributed by atoms with Crippen LogP contribution in [0.1, 0.15) is 35.5 Å². The molecule has 1 atom stereocenters. The van der Waals surface area contributed by atoms with Gasteiger partial charge in [-0.1, -0.05) is 52.0 Å². The number of aryl methyl sites for hydroxylation is 2. The van der Waals surface area contributed by atoms with Crippen molar-refractivity contribution in [3.63, 3.8) is 0 Å². The first kappa shape index (κ1) is 21.4. The average molecular weight is 476 g/mol. The van der Waals surface area contributed by atoms with Crippen molar-refractivity contribution in [3.8, 4) is 5.75 Å². The van der Waals surface area contributed by atoms with Gasteiger partial charge in [0.2, 0.25) is 5.91 Å². The fourth-order valence-electron chi connectivity index (χ4n) is 2.60. The Labute approximate surface area is 182 Å². The van der Waals surface area contributed by atoms with Crippen LogP contribution in [-0.2, 0) is 11.4 Å². The Hall–Kier alpha value is -2.32. The predicted molar refractivity (Wildman–Crippen MR) is 116 cm³/mol. The monoisotopic (exact) mass is 475 g/mol. The lowest BCUT2D eigenvalue weighted by molar-refractivity contribution is -0.119. The van der Waals surface area contributed by atoms with Gasteiger partial charge < -0.3 is 14.5 Å². The zero-order valence-corrected chi connectivity index (χ0v) is 18.8. The molecule has 2 aromatic carbocycles. The van der Waals surface area contributed by atoms with Crippen molar-refractivity contribution in [1.82, 2.24) is 15.5 Å². The Balaban J connectivity index is 1.46. The highest BCUT2D eigenvalue weighted by molar-refractivity contribution is 9.10. The highest BCUT2D eigenvalue weighted by Crippen LogP contribution is 2.22. The van der Waals surface area contributed by atoms with E-state index in [-0.39, 0.29) is 24.3 Å². The van der Waals surface area contributed by atoms with Crippen molar-refractivity contribution in [1.29, 1.82) is 0 Å². The standard InChI is InChI=1S/C21H22BrN3O3S/c1-13-4-5-14(2)18(10-13)27-11-20-24-25-21(28-20)29-12-19(26)23-15(3)16-6-8-17(22)9-7-16/h4-10,15H,11-12H2,1-3H3,(H,23,26). The van der Waals surface area contributed by atoms with Crippen molar-refractivity contribution in [2.75, 3.05) is 5.75 Å². The molecule has 8 heteroatoms. The summed E-state index contributed by atoms with van der Waals surface area (Å²) in [4.78, 5) is 12.2. The number of amides is 1. The summed E-state index contributed by atoms with van der Waals surface area (Å²) >= 11 is 4.61. The quantitative estimate of drug-likeness (QED) is 0.462. The van der Waals surface area contributed by atoms with Gasteiger partial charge in [0.25, 0.3) is 11.1 Å². The van der Waals surface area contributed by atoms with E-state index in [1.54, 1.807) is 0 Å². The van der Waals surface area contributed by atoms with E-state index in [2.05, 4.69) is 31.4 Å². The minimum atomic E-state index is -0.100. The van der Waals surface area contributed by atoms with E-state index in [4.69, 9.17) is 9.15 Å². The van der Waals surface area contributed by atoms with Gasteiger partial charge in [0.15, 0.2) is 6.61 Å². The van der Waals surface area contributed by atoms with Crippen LogP contribution >= 0.6 is 27.7 Å². The molecule has 1 aromatic heterocycles. The number of benzene rings is 2. The smallest absolute Gasteiger partial charge is 0.277 e. The molecule has 0 saturated heterocycles. The molecule has 1 heterocycles. The number of rotatable bonds is 8. The Morgan fingerprint density at radius 1 is 1.21 bits per heavy atom. The summed E-state index contributed by atoms with van der Waals surface area (Å²) in [5, 5.41) is 11.3. The molecule has 0 radical (unpaired) electrons.